The normalized spacial score (nSPS) is 14.6. The fourth-order valence-corrected chi connectivity index (χ4v) is 1.44. The molecule has 3 nitrogen and oxygen atoms in total. The SMILES string of the molecule is CCN[C@](C)(C(=O)O)c1ccc(F)cc1. The molecule has 1 rings (SSSR count). The number of rotatable bonds is 4. The van der Waals surface area contributed by atoms with Crippen molar-refractivity contribution >= 4 is 5.97 Å². The summed E-state index contributed by atoms with van der Waals surface area (Å²) >= 11 is 0. The summed E-state index contributed by atoms with van der Waals surface area (Å²) in [7, 11) is 0. The lowest BCUT2D eigenvalue weighted by molar-refractivity contribution is -0.144. The first-order chi connectivity index (χ1) is 7.00. The lowest BCUT2D eigenvalue weighted by Crippen LogP contribution is -2.46. The summed E-state index contributed by atoms with van der Waals surface area (Å²) in [5.74, 6) is -1.35. The standard InChI is InChI=1S/C11H14FNO2/c1-3-13-11(2,10(14)15)8-4-6-9(12)7-5-8/h4-7,13H,3H2,1-2H3,(H,14,15)/t11-/m0/s1. The third kappa shape index (κ3) is 2.33. The highest BCUT2D eigenvalue weighted by Crippen LogP contribution is 2.21. The molecule has 0 aliphatic heterocycles. The molecule has 0 unspecified atom stereocenters. The lowest BCUT2D eigenvalue weighted by atomic mass is 9.92. The highest BCUT2D eigenvalue weighted by Gasteiger charge is 2.33. The predicted molar refractivity (Wildman–Crippen MR) is 55.1 cm³/mol. The number of likely N-dealkylation sites (N-methyl/N-ethyl adjacent to an activating group) is 1. The summed E-state index contributed by atoms with van der Waals surface area (Å²) in [6, 6.07) is 5.47. The van der Waals surface area contributed by atoms with E-state index in [0.29, 0.717) is 12.1 Å². The van der Waals surface area contributed by atoms with E-state index in [0.717, 1.165) is 0 Å². The van der Waals surface area contributed by atoms with Gasteiger partial charge in [0.25, 0.3) is 0 Å². The van der Waals surface area contributed by atoms with Gasteiger partial charge in [-0.3, -0.25) is 5.32 Å². The minimum atomic E-state index is -1.16. The van der Waals surface area contributed by atoms with Crippen molar-refractivity contribution in [2.24, 2.45) is 0 Å². The summed E-state index contributed by atoms with van der Waals surface area (Å²) in [4.78, 5) is 11.1. The van der Waals surface area contributed by atoms with Crippen LogP contribution in [0.2, 0.25) is 0 Å². The average molecular weight is 211 g/mol. The maximum absolute atomic E-state index is 12.7. The molecule has 0 bridgehead atoms. The van der Waals surface area contributed by atoms with Crippen molar-refractivity contribution in [3.8, 4) is 0 Å². The van der Waals surface area contributed by atoms with Crippen molar-refractivity contribution in [2.45, 2.75) is 19.4 Å². The van der Waals surface area contributed by atoms with Crippen molar-refractivity contribution in [1.82, 2.24) is 5.32 Å². The van der Waals surface area contributed by atoms with Crippen molar-refractivity contribution in [1.29, 1.82) is 0 Å². The molecule has 0 heterocycles. The third-order valence-corrected chi connectivity index (χ3v) is 2.38. The minimum Gasteiger partial charge on any atom is -0.480 e. The van der Waals surface area contributed by atoms with Gasteiger partial charge in [-0.15, -0.1) is 0 Å². The second-order valence-corrected chi connectivity index (χ2v) is 3.47. The van der Waals surface area contributed by atoms with Gasteiger partial charge < -0.3 is 5.11 Å². The van der Waals surface area contributed by atoms with Gasteiger partial charge in [-0.2, -0.15) is 0 Å². The Morgan fingerprint density at radius 3 is 2.40 bits per heavy atom. The van der Waals surface area contributed by atoms with Gasteiger partial charge in [0.15, 0.2) is 0 Å². The molecule has 0 aromatic heterocycles. The van der Waals surface area contributed by atoms with Gasteiger partial charge in [0.05, 0.1) is 0 Å². The molecule has 2 N–H and O–H groups in total. The quantitative estimate of drug-likeness (QED) is 0.797. The minimum absolute atomic E-state index is 0.372. The zero-order chi connectivity index (χ0) is 11.5. The van der Waals surface area contributed by atoms with E-state index in [1.165, 1.54) is 24.3 Å². The topological polar surface area (TPSA) is 49.3 Å². The molecule has 0 saturated heterocycles. The Labute approximate surface area is 87.9 Å². The Morgan fingerprint density at radius 1 is 1.47 bits per heavy atom. The van der Waals surface area contributed by atoms with E-state index in [2.05, 4.69) is 5.32 Å². The molecule has 0 saturated carbocycles. The van der Waals surface area contributed by atoms with Crippen LogP contribution in [-0.4, -0.2) is 17.6 Å². The number of halogens is 1. The van der Waals surface area contributed by atoms with Crippen LogP contribution in [0.3, 0.4) is 0 Å². The molecule has 0 radical (unpaired) electrons. The first-order valence-corrected chi connectivity index (χ1v) is 4.75. The van der Waals surface area contributed by atoms with Crippen LogP contribution in [0.4, 0.5) is 4.39 Å². The van der Waals surface area contributed by atoms with E-state index in [-0.39, 0.29) is 5.82 Å². The zero-order valence-electron chi connectivity index (χ0n) is 8.75. The Bertz CT molecular complexity index is 350. The van der Waals surface area contributed by atoms with Gasteiger partial charge in [-0.1, -0.05) is 19.1 Å². The summed E-state index contributed by atoms with van der Waals surface area (Å²) in [5, 5.41) is 12.0. The number of benzene rings is 1. The van der Waals surface area contributed by atoms with Gasteiger partial charge >= 0.3 is 5.97 Å². The fourth-order valence-electron chi connectivity index (χ4n) is 1.44. The molecule has 0 aliphatic carbocycles. The number of hydrogen-bond acceptors (Lipinski definition) is 2. The average Bonchev–Trinajstić information content (AvgIpc) is 2.18. The highest BCUT2D eigenvalue weighted by atomic mass is 19.1. The Hall–Kier alpha value is -1.42. The third-order valence-electron chi connectivity index (χ3n) is 2.38. The lowest BCUT2D eigenvalue weighted by Gasteiger charge is -2.26. The van der Waals surface area contributed by atoms with Gasteiger partial charge in [-0.05, 0) is 31.2 Å². The molecule has 4 heteroatoms. The van der Waals surface area contributed by atoms with Gasteiger partial charge in [0.1, 0.15) is 11.4 Å². The molecule has 0 spiro atoms. The molecular weight excluding hydrogens is 197 g/mol. The number of nitrogens with one attached hydrogen (secondary N) is 1. The van der Waals surface area contributed by atoms with Crippen molar-refractivity contribution in [2.75, 3.05) is 6.54 Å². The largest absolute Gasteiger partial charge is 0.480 e. The maximum Gasteiger partial charge on any atom is 0.328 e. The van der Waals surface area contributed by atoms with Crippen LogP contribution in [0, 0.1) is 5.82 Å². The molecule has 0 amide bonds. The number of aliphatic carboxylic acids is 1. The van der Waals surface area contributed by atoms with Crippen LogP contribution in [-0.2, 0) is 10.3 Å². The monoisotopic (exact) mass is 211 g/mol. The molecule has 82 valence electrons. The van der Waals surface area contributed by atoms with Crippen molar-refractivity contribution in [3.05, 3.63) is 35.6 Å². The van der Waals surface area contributed by atoms with Crippen LogP contribution >= 0.6 is 0 Å². The van der Waals surface area contributed by atoms with Gasteiger partial charge in [0, 0.05) is 0 Å². The Balaban J connectivity index is 3.09. The zero-order valence-corrected chi connectivity index (χ0v) is 8.75. The fraction of sp³-hybridized carbons (Fsp3) is 0.364. The van der Waals surface area contributed by atoms with E-state index >= 15 is 0 Å². The molecule has 0 fully saturated rings. The van der Waals surface area contributed by atoms with Crippen LogP contribution in [0.1, 0.15) is 19.4 Å². The second kappa shape index (κ2) is 4.40. The number of carbonyl (C=O) groups is 1. The van der Waals surface area contributed by atoms with E-state index < -0.39 is 11.5 Å². The summed E-state index contributed by atoms with van der Waals surface area (Å²) in [6.07, 6.45) is 0. The molecule has 0 aliphatic rings. The molecular formula is C11H14FNO2. The second-order valence-electron chi connectivity index (χ2n) is 3.47. The van der Waals surface area contributed by atoms with Crippen LogP contribution < -0.4 is 5.32 Å². The van der Waals surface area contributed by atoms with Crippen LogP contribution in [0.25, 0.3) is 0 Å². The van der Waals surface area contributed by atoms with E-state index in [4.69, 9.17) is 5.11 Å². The summed E-state index contributed by atoms with van der Waals surface area (Å²) in [5.41, 5.74) is -0.624. The number of carboxylic acids is 1. The smallest absolute Gasteiger partial charge is 0.328 e. The molecule has 15 heavy (non-hydrogen) atoms. The highest BCUT2D eigenvalue weighted by molar-refractivity contribution is 5.80. The predicted octanol–water partition coefficient (Wildman–Crippen LogP) is 1.73. The molecule has 1 aromatic rings. The summed E-state index contributed by atoms with van der Waals surface area (Å²) in [6.45, 7) is 3.91. The van der Waals surface area contributed by atoms with Gasteiger partial charge in [0.2, 0.25) is 0 Å². The first kappa shape index (κ1) is 11.7. The first-order valence-electron chi connectivity index (χ1n) is 4.75. The Kier molecular flexibility index (Phi) is 3.42. The summed E-state index contributed by atoms with van der Waals surface area (Å²) < 4.78 is 12.7. The van der Waals surface area contributed by atoms with Gasteiger partial charge in [-0.25, -0.2) is 9.18 Å². The van der Waals surface area contributed by atoms with Crippen molar-refractivity contribution < 1.29 is 14.3 Å². The van der Waals surface area contributed by atoms with E-state index in [1.54, 1.807) is 6.92 Å². The van der Waals surface area contributed by atoms with E-state index in [9.17, 15) is 9.18 Å². The van der Waals surface area contributed by atoms with Crippen LogP contribution in [0.5, 0.6) is 0 Å². The number of carboxylic acid groups (broad SMARTS) is 1. The Morgan fingerprint density at radius 2 is 2.00 bits per heavy atom. The molecule has 1 atom stereocenters. The van der Waals surface area contributed by atoms with Crippen LogP contribution in [0.15, 0.2) is 24.3 Å². The van der Waals surface area contributed by atoms with Crippen molar-refractivity contribution in [3.63, 3.8) is 0 Å². The molecule has 1 aromatic carbocycles. The maximum atomic E-state index is 12.7. The number of hydrogen-bond donors (Lipinski definition) is 2. The van der Waals surface area contributed by atoms with E-state index in [1.807, 2.05) is 6.92 Å².